The molecular formula is C123H158O18. The van der Waals surface area contributed by atoms with Crippen molar-refractivity contribution in [3.63, 3.8) is 0 Å². The lowest BCUT2D eigenvalue weighted by atomic mass is 9.50. The predicted octanol–water partition coefficient (Wildman–Crippen LogP) is 29.7. The summed E-state index contributed by atoms with van der Waals surface area (Å²) in [7, 11) is 3.25. The lowest BCUT2D eigenvalue weighted by Gasteiger charge is -2.59. The van der Waals surface area contributed by atoms with Gasteiger partial charge in [0.15, 0.2) is 24.4 Å². The first kappa shape index (κ1) is 107. The fourth-order valence-corrected chi connectivity index (χ4v) is 22.5. The van der Waals surface area contributed by atoms with Crippen LogP contribution in [0.25, 0.3) is 0 Å². The summed E-state index contributed by atoms with van der Waals surface area (Å²) in [4.78, 5) is 49.9. The van der Waals surface area contributed by atoms with Crippen LogP contribution in [0.4, 0.5) is 0 Å². The zero-order valence-electron chi connectivity index (χ0n) is 88.0. The monoisotopic (exact) mass is 1920 g/mol. The van der Waals surface area contributed by atoms with Crippen molar-refractivity contribution < 1.29 is 85.5 Å². The molecule has 8 bridgehead atoms. The second-order valence-electron chi connectivity index (χ2n) is 45.1. The summed E-state index contributed by atoms with van der Waals surface area (Å²) in [5.41, 5.74) is 7.45. The minimum atomic E-state index is -0.614. The van der Waals surface area contributed by atoms with Gasteiger partial charge in [0.05, 0.1) is 0 Å². The Balaban J connectivity index is 0.000000160. The molecule has 8 aromatic carbocycles. The highest BCUT2D eigenvalue weighted by molar-refractivity contribution is 5.89. The molecule has 0 amide bonds. The van der Waals surface area contributed by atoms with Gasteiger partial charge in [0, 0.05) is 47.8 Å². The Kier molecular flexibility index (Phi) is 35.1. The number of carbonyl (C=O) groups excluding carboxylic acids is 4. The van der Waals surface area contributed by atoms with Crippen molar-refractivity contribution in [3.8, 4) is 46.0 Å². The summed E-state index contributed by atoms with van der Waals surface area (Å²) in [5, 5.41) is 0. The number of hydrogen-bond acceptors (Lipinski definition) is 18. The van der Waals surface area contributed by atoms with Gasteiger partial charge in [-0.25, -0.2) is 19.2 Å². The van der Waals surface area contributed by atoms with Gasteiger partial charge in [-0.15, -0.1) is 0 Å². The van der Waals surface area contributed by atoms with Crippen LogP contribution in [0.5, 0.6) is 46.0 Å². The Morgan fingerprint density at radius 1 is 0.319 bits per heavy atom. The van der Waals surface area contributed by atoms with E-state index >= 15 is 0 Å². The van der Waals surface area contributed by atoms with Gasteiger partial charge in [-0.1, -0.05) is 172 Å². The first-order valence-corrected chi connectivity index (χ1v) is 51.6. The van der Waals surface area contributed by atoms with Crippen LogP contribution in [0.2, 0.25) is 0 Å². The molecule has 3 atom stereocenters. The number of carbonyl (C=O) groups is 4. The van der Waals surface area contributed by atoms with Gasteiger partial charge in [-0.05, 0) is 400 Å². The van der Waals surface area contributed by atoms with Crippen LogP contribution in [-0.2, 0) is 47.6 Å². The van der Waals surface area contributed by atoms with Crippen molar-refractivity contribution in [1.82, 2.24) is 0 Å². The van der Waals surface area contributed by atoms with Crippen LogP contribution >= 0.6 is 0 Å². The van der Waals surface area contributed by atoms with E-state index in [1.165, 1.54) is 89.9 Å². The molecule has 0 aliphatic heterocycles. The van der Waals surface area contributed by atoms with Gasteiger partial charge < -0.3 is 66.3 Å². The first-order chi connectivity index (χ1) is 66.8. The molecule has 0 radical (unpaired) electrons. The van der Waals surface area contributed by atoms with E-state index in [-0.39, 0.29) is 57.2 Å². The number of rotatable bonds is 35. The van der Waals surface area contributed by atoms with E-state index < -0.39 is 48.6 Å². The molecule has 0 heterocycles. The predicted molar refractivity (Wildman–Crippen MR) is 557 cm³/mol. The van der Waals surface area contributed by atoms with Gasteiger partial charge in [0.25, 0.3) is 0 Å². The Morgan fingerprint density at radius 2 is 0.539 bits per heavy atom. The third-order valence-corrected chi connectivity index (χ3v) is 30.0. The highest BCUT2D eigenvalue weighted by Crippen LogP contribution is 2.61. The second kappa shape index (κ2) is 46.1. The molecule has 10 aliphatic rings. The number of methoxy groups -OCH3 is 2. The standard InChI is InChI=1S/C39H48O4.C31H40O4.C28H38O6.C25H32O4/c1-23(2)37(40)41-36(28-5-9-34(10-6-28)42-38(3)30-15-24-13-25(17-30)18-31(38)16-24)29-7-11-35(12-8-29)43-39(4)32-19-26-14-27(21-32)22-33(39)20-26;1-5-30(19-7-8-20-30)34-26-15-11-24(12-16-26)28(33-29(32)23(3)4)25-13-17-27(18-14-25)35-31(6-2)21-9-10-22-31;1-18(2)25(29)34-24(20-10-14-22(15-11-20)32-26(30-8)19(3)4)21-12-16-23(17-13-21)33-27(31-9)28(5,6)7;1-17(2)23(26)27-22(18-9-13-20(14-10-18)28-24(3,4)5)19-11-15-21(16-12-19)29-25(6,7)8/h5-12,24-27,30-33,36H,1,13-22H2,2-4H3;11-18,28H,3,5-10,19-22H2,1-2,4H3;10-17,19,24,26-27H,1H2,2-9H3;9-16,22H,1H2,2-8H3. The third-order valence-electron chi connectivity index (χ3n) is 30.0. The van der Waals surface area contributed by atoms with E-state index in [0.717, 1.165) is 141 Å². The van der Waals surface area contributed by atoms with Crippen molar-refractivity contribution in [2.75, 3.05) is 14.2 Å². The van der Waals surface area contributed by atoms with Crippen molar-refractivity contribution in [3.05, 3.63) is 287 Å². The lowest BCUT2D eigenvalue weighted by Crippen LogP contribution is -2.59. The molecule has 141 heavy (non-hydrogen) atoms. The molecule has 10 aliphatic carbocycles. The average Bonchev–Trinajstić information content (AvgIpc) is 1.02. The van der Waals surface area contributed by atoms with Crippen LogP contribution in [0.15, 0.2) is 243 Å². The van der Waals surface area contributed by atoms with E-state index in [1.807, 2.05) is 222 Å². The molecule has 0 saturated heterocycles. The second-order valence-corrected chi connectivity index (χ2v) is 45.1. The van der Waals surface area contributed by atoms with Gasteiger partial charge in [0.2, 0.25) is 12.6 Å². The Morgan fingerprint density at radius 3 is 0.738 bits per heavy atom. The maximum atomic E-state index is 12.8. The number of ether oxygens (including phenoxy) is 14. The van der Waals surface area contributed by atoms with Gasteiger partial charge >= 0.3 is 23.9 Å². The zero-order valence-corrected chi connectivity index (χ0v) is 88.0. The van der Waals surface area contributed by atoms with Crippen LogP contribution in [0, 0.1) is 58.7 Å². The van der Waals surface area contributed by atoms with Crippen LogP contribution in [0.1, 0.15) is 329 Å². The van der Waals surface area contributed by atoms with Crippen molar-refractivity contribution in [2.24, 2.45) is 58.7 Å². The zero-order chi connectivity index (χ0) is 102. The van der Waals surface area contributed by atoms with E-state index in [9.17, 15) is 19.2 Å². The van der Waals surface area contributed by atoms with Gasteiger partial charge in [-0.2, -0.15) is 0 Å². The quantitative estimate of drug-likeness (QED) is 0.0157. The molecule has 758 valence electrons. The van der Waals surface area contributed by atoms with E-state index in [1.54, 1.807) is 41.9 Å². The van der Waals surface area contributed by atoms with Crippen LogP contribution < -0.4 is 37.9 Å². The molecule has 0 aromatic heterocycles. The number of benzene rings is 8. The summed E-state index contributed by atoms with van der Waals surface area (Å²) in [6, 6.07) is 62.6. The molecular weight excluding hydrogens is 1770 g/mol. The molecule has 10 fully saturated rings. The Hall–Kier alpha value is -11.1. The van der Waals surface area contributed by atoms with Crippen LogP contribution in [-0.4, -0.2) is 84.3 Å². The summed E-state index contributed by atoms with van der Waals surface area (Å²) >= 11 is 0. The Bertz CT molecular complexity index is 5220. The SMILES string of the molecule is C=C(C)C(=O)OC(c1ccc(OC(C)(C)C)cc1)c1ccc(OC(C)(C)C)cc1.C=C(C)C(=O)OC(c1ccc(OC(OC)C(C)C)cc1)c1ccc(OC(OC)C(C)(C)C)cc1.C=C(C)C(=O)OC(c1ccc(OC2(C)C3CC4CC(C3)CC2C4)cc1)c1ccc(OC2(C)C3CC4CC(C3)CC2C4)cc1.C=C(C)C(=O)OC(c1ccc(OC2(CC)CCCC2)cc1)c1ccc(OC2(CC)CCCC2)cc1. The van der Waals surface area contributed by atoms with Gasteiger partial charge in [-0.3, -0.25) is 0 Å². The smallest absolute Gasteiger partial charge is 0.334 e. The van der Waals surface area contributed by atoms with Crippen molar-refractivity contribution in [2.45, 2.75) is 331 Å². The first-order valence-electron chi connectivity index (χ1n) is 51.6. The summed E-state index contributed by atoms with van der Waals surface area (Å²) in [6.07, 6.45) is 21.9. The summed E-state index contributed by atoms with van der Waals surface area (Å²) < 4.78 is 84.6. The molecule has 3 unspecified atom stereocenters. The van der Waals surface area contributed by atoms with E-state index in [2.05, 4.69) is 103 Å². The molecule has 18 heteroatoms. The fourth-order valence-electron chi connectivity index (χ4n) is 22.5. The molecule has 0 N–H and O–H groups in total. The van der Waals surface area contributed by atoms with Crippen molar-refractivity contribution >= 4 is 23.9 Å². The summed E-state index contributed by atoms with van der Waals surface area (Å²) in [6.45, 7) is 52.9. The number of esters is 4. The van der Waals surface area contributed by atoms with E-state index in [4.69, 9.17) is 66.3 Å². The normalized spacial score (nSPS) is 22.9. The minimum Gasteiger partial charge on any atom is -0.488 e. The summed E-state index contributed by atoms with van der Waals surface area (Å²) in [5.74, 6) is 11.3. The largest absolute Gasteiger partial charge is 0.488 e. The lowest BCUT2D eigenvalue weighted by molar-refractivity contribution is -0.145. The maximum Gasteiger partial charge on any atom is 0.334 e. The molecule has 8 aromatic rings. The number of hydrogen-bond donors (Lipinski definition) is 0. The van der Waals surface area contributed by atoms with Crippen molar-refractivity contribution in [1.29, 1.82) is 0 Å². The topological polar surface area (TPSA) is 197 Å². The fraction of sp³-hybridized carbons (Fsp3) is 0.512. The average molecular weight is 1920 g/mol. The maximum absolute atomic E-state index is 12.8. The molecule has 0 spiro atoms. The van der Waals surface area contributed by atoms with Gasteiger partial charge in [0.1, 0.15) is 79.6 Å². The molecule has 18 nitrogen and oxygen atoms in total. The minimum absolute atomic E-state index is 0.0433. The Labute approximate surface area is 841 Å². The highest BCUT2D eigenvalue weighted by Gasteiger charge is 2.58. The third kappa shape index (κ3) is 27.9. The highest BCUT2D eigenvalue weighted by atomic mass is 16.7. The molecule has 18 rings (SSSR count). The van der Waals surface area contributed by atoms with E-state index in [0.29, 0.717) is 57.5 Å². The van der Waals surface area contributed by atoms with Crippen LogP contribution in [0.3, 0.4) is 0 Å². The molecule has 10 saturated carbocycles.